The van der Waals surface area contributed by atoms with Crippen molar-refractivity contribution in [1.29, 1.82) is 0 Å². The van der Waals surface area contributed by atoms with Crippen LogP contribution in [0.15, 0.2) is 102 Å². The lowest BCUT2D eigenvalue weighted by atomic mass is 10.0. The van der Waals surface area contributed by atoms with Gasteiger partial charge in [-0.1, -0.05) is 48.5 Å². The lowest BCUT2D eigenvalue weighted by Crippen LogP contribution is -2.38. The molecule has 0 atom stereocenters. The lowest BCUT2D eigenvalue weighted by molar-refractivity contribution is 0.0686. The summed E-state index contributed by atoms with van der Waals surface area (Å²) < 4.78 is 38.7. The lowest BCUT2D eigenvalue weighted by Gasteiger charge is -2.32. The standard InChI is InChI=1S/C26H21NO6S/c1-3-17-27-23(24(28)18-9-5-4-6-10-18)25(21-11-7-8-12-22(21)34(27,30)31)33-26(29)19-13-15-20(32-2)16-14-19/h3-16H,1,17H2,2H3. The first-order chi connectivity index (χ1) is 16.4. The minimum atomic E-state index is -4.11. The average molecular weight is 476 g/mol. The molecule has 1 heterocycles. The largest absolute Gasteiger partial charge is 0.497 e. The number of methoxy groups -OCH3 is 1. The molecule has 1 aliphatic rings. The van der Waals surface area contributed by atoms with E-state index in [1.165, 1.54) is 37.5 Å². The van der Waals surface area contributed by atoms with E-state index in [0.717, 1.165) is 4.31 Å². The van der Waals surface area contributed by atoms with Crippen molar-refractivity contribution in [3.8, 4) is 5.75 Å². The minimum Gasteiger partial charge on any atom is -0.497 e. The molecule has 3 aromatic rings. The third-order valence-electron chi connectivity index (χ3n) is 5.23. The first-order valence-corrected chi connectivity index (χ1v) is 11.8. The fourth-order valence-corrected chi connectivity index (χ4v) is 5.22. The molecule has 0 N–H and O–H groups in total. The number of rotatable bonds is 7. The van der Waals surface area contributed by atoms with Crippen molar-refractivity contribution in [3.63, 3.8) is 0 Å². The number of ether oxygens (including phenoxy) is 2. The van der Waals surface area contributed by atoms with Crippen LogP contribution in [-0.2, 0) is 14.8 Å². The molecule has 172 valence electrons. The van der Waals surface area contributed by atoms with Gasteiger partial charge in [0.25, 0.3) is 10.0 Å². The van der Waals surface area contributed by atoms with Crippen LogP contribution in [0.5, 0.6) is 5.75 Å². The van der Waals surface area contributed by atoms with Crippen molar-refractivity contribution >= 4 is 27.5 Å². The van der Waals surface area contributed by atoms with Gasteiger partial charge in [-0.2, -0.15) is 0 Å². The third-order valence-corrected chi connectivity index (χ3v) is 7.05. The number of esters is 1. The zero-order valence-electron chi connectivity index (χ0n) is 18.3. The van der Waals surface area contributed by atoms with E-state index in [4.69, 9.17) is 9.47 Å². The molecule has 0 unspecified atom stereocenters. The maximum Gasteiger partial charge on any atom is 0.343 e. The maximum absolute atomic E-state index is 13.6. The summed E-state index contributed by atoms with van der Waals surface area (Å²) in [7, 11) is -2.61. The zero-order chi connectivity index (χ0) is 24.3. The van der Waals surface area contributed by atoms with Crippen LogP contribution >= 0.6 is 0 Å². The SMILES string of the molecule is C=CCN1C(C(=O)c2ccccc2)=C(OC(=O)c2ccc(OC)cc2)c2ccccc2S1(=O)=O. The molecule has 8 heteroatoms. The van der Waals surface area contributed by atoms with Crippen LogP contribution in [0.1, 0.15) is 26.3 Å². The molecular weight excluding hydrogens is 454 g/mol. The second kappa shape index (κ2) is 9.36. The molecule has 0 spiro atoms. The summed E-state index contributed by atoms with van der Waals surface area (Å²) in [6, 6.07) is 20.5. The molecule has 0 radical (unpaired) electrons. The Kier molecular flexibility index (Phi) is 6.34. The number of sulfonamides is 1. The Balaban J connectivity index is 1.93. The first-order valence-electron chi connectivity index (χ1n) is 10.3. The molecule has 3 aromatic carbocycles. The summed E-state index contributed by atoms with van der Waals surface area (Å²) in [4.78, 5) is 26.6. The molecule has 0 amide bonds. The Morgan fingerprint density at radius 1 is 0.912 bits per heavy atom. The molecule has 0 saturated carbocycles. The van der Waals surface area contributed by atoms with Gasteiger partial charge in [0, 0.05) is 11.1 Å². The van der Waals surface area contributed by atoms with E-state index in [9.17, 15) is 18.0 Å². The number of carbonyl (C=O) groups excluding carboxylic acids is 2. The van der Waals surface area contributed by atoms with Crippen molar-refractivity contribution in [2.24, 2.45) is 0 Å². The highest BCUT2D eigenvalue weighted by Crippen LogP contribution is 2.39. The molecule has 34 heavy (non-hydrogen) atoms. The number of benzene rings is 3. The van der Waals surface area contributed by atoms with E-state index < -0.39 is 21.8 Å². The van der Waals surface area contributed by atoms with E-state index in [-0.39, 0.29) is 39.6 Å². The number of carbonyl (C=O) groups is 2. The number of ketones is 1. The number of fused-ring (bicyclic) bond motifs is 1. The van der Waals surface area contributed by atoms with Crippen molar-refractivity contribution in [3.05, 3.63) is 114 Å². The van der Waals surface area contributed by atoms with Gasteiger partial charge in [0.1, 0.15) is 11.4 Å². The fraction of sp³-hybridized carbons (Fsp3) is 0.0769. The molecule has 0 saturated heterocycles. The van der Waals surface area contributed by atoms with Crippen LogP contribution in [0.3, 0.4) is 0 Å². The highest BCUT2D eigenvalue weighted by atomic mass is 32.2. The zero-order valence-corrected chi connectivity index (χ0v) is 19.1. The second-order valence-corrected chi connectivity index (χ2v) is 9.14. The molecule has 0 bridgehead atoms. The summed E-state index contributed by atoms with van der Waals surface area (Å²) in [6.07, 6.45) is 1.37. The minimum absolute atomic E-state index is 0.0704. The molecule has 4 rings (SSSR count). The molecule has 7 nitrogen and oxygen atoms in total. The summed E-state index contributed by atoms with van der Waals surface area (Å²) in [6.45, 7) is 3.45. The Morgan fingerprint density at radius 2 is 1.56 bits per heavy atom. The van der Waals surface area contributed by atoms with Gasteiger partial charge >= 0.3 is 5.97 Å². The Labute approximate surface area is 197 Å². The van der Waals surface area contributed by atoms with Crippen molar-refractivity contribution < 1.29 is 27.5 Å². The van der Waals surface area contributed by atoms with Crippen LogP contribution in [0.2, 0.25) is 0 Å². The van der Waals surface area contributed by atoms with Crippen LogP contribution in [0, 0.1) is 0 Å². The number of nitrogens with zero attached hydrogens (tertiary/aromatic N) is 1. The van der Waals surface area contributed by atoms with Gasteiger partial charge in [0.15, 0.2) is 5.76 Å². The van der Waals surface area contributed by atoms with Gasteiger partial charge in [-0.05, 0) is 36.4 Å². The average Bonchev–Trinajstić information content (AvgIpc) is 2.87. The predicted octanol–water partition coefficient (Wildman–Crippen LogP) is 4.29. The van der Waals surface area contributed by atoms with E-state index in [1.54, 1.807) is 54.6 Å². The topological polar surface area (TPSA) is 90.0 Å². The molecule has 0 aromatic heterocycles. The number of hydrogen-bond donors (Lipinski definition) is 0. The van der Waals surface area contributed by atoms with E-state index in [1.807, 2.05) is 0 Å². The molecular formula is C26H21NO6S. The van der Waals surface area contributed by atoms with Crippen molar-refractivity contribution in [2.75, 3.05) is 13.7 Å². The number of Topliss-reactive ketones (excluding diaryl/α,β-unsaturated/α-hetero) is 1. The van der Waals surface area contributed by atoms with Gasteiger partial charge in [0.05, 0.1) is 24.1 Å². The monoisotopic (exact) mass is 475 g/mol. The predicted molar refractivity (Wildman–Crippen MR) is 127 cm³/mol. The van der Waals surface area contributed by atoms with Gasteiger partial charge < -0.3 is 9.47 Å². The second-order valence-electron chi connectivity index (χ2n) is 7.31. The van der Waals surface area contributed by atoms with Crippen LogP contribution in [0.4, 0.5) is 0 Å². The van der Waals surface area contributed by atoms with E-state index >= 15 is 0 Å². The first kappa shape index (κ1) is 23.0. The number of hydrogen-bond acceptors (Lipinski definition) is 6. The van der Waals surface area contributed by atoms with E-state index in [2.05, 4.69) is 6.58 Å². The fourth-order valence-electron chi connectivity index (χ4n) is 3.59. The van der Waals surface area contributed by atoms with Crippen LogP contribution in [0.25, 0.3) is 5.76 Å². The van der Waals surface area contributed by atoms with Gasteiger partial charge in [-0.15, -0.1) is 6.58 Å². The Hall–Kier alpha value is -4.17. The highest BCUT2D eigenvalue weighted by molar-refractivity contribution is 7.89. The third kappa shape index (κ3) is 4.11. The molecule has 1 aliphatic heterocycles. The summed E-state index contributed by atoms with van der Waals surface area (Å²) in [5.74, 6) is -0.925. The van der Waals surface area contributed by atoms with Crippen LogP contribution < -0.4 is 4.74 Å². The summed E-state index contributed by atoms with van der Waals surface area (Å²) in [5, 5.41) is 0. The molecule has 0 aliphatic carbocycles. The Morgan fingerprint density at radius 3 is 2.21 bits per heavy atom. The smallest absolute Gasteiger partial charge is 0.343 e. The maximum atomic E-state index is 13.6. The number of allylic oxidation sites excluding steroid dienone is 1. The van der Waals surface area contributed by atoms with E-state index in [0.29, 0.717) is 5.75 Å². The Bertz CT molecular complexity index is 1390. The van der Waals surface area contributed by atoms with Crippen molar-refractivity contribution in [2.45, 2.75) is 4.90 Å². The van der Waals surface area contributed by atoms with Crippen molar-refractivity contribution in [1.82, 2.24) is 4.31 Å². The normalized spacial score (nSPS) is 14.2. The summed E-state index contributed by atoms with van der Waals surface area (Å²) in [5.41, 5.74) is 0.329. The molecule has 0 fully saturated rings. The van der Waals surface area contributed by atoms with Gasteiger partial charge in [-0.3, -0.25) is 9.10 Å². The quantitative estimate of drug-likeness (QED) is 0.288. The van der Waals surface area contributed by atoms with Crippen LogP contribution in [-0.4, -0.2) is 38.1 Å². The highest BCUT2D eigenvalue weighted by Gasteiger charge is 2.41. The van der Waals surface area contributed by atoms with Gasteiger partial charge in [0.2, 0.25) is 5.78 Å². The van der Waals surface area contributed by atoms with Gasteiger partial charge in [-0.25, -0.2) is 13.2 Å². The summed E-state index contributed by atoms with van der Waals surface area (Å²) >= 11 is 0.